The maximum absolute atomic E-state index is 12.1. The molecule has 1 aliphatic heterocycles. The van der Waals surface area contributed by atoms with Crippen molar-refractivity contribution in [1.82, 2.24) is 5.32 Å². The van der Waals surface area contributed by atoms with E-state index in [1.807, 2.05) is 48.5 Å². The molecule has 0 spiro atoms. The number of carbonyl (C=O) groups excluding carboxylic acids is 2. The van der Waals surface area contributed by atoms with Crippen LogP contribution < -0.4 is 15.5 Å². The van der Waals surface area contributed by atoms with Crippen LogP contribution in [-0.4, -0.2) is 25.0 Å². The molecule has 1 heterocycles. The molecule has 1 aliphatic rings. The molecule has 2 N–H and O–H groups in total. The van der Waals surface area contributed by atoms with Crippen LogP contribution in [0, 0.1) is 0 Å². The number of amides is 3. The molecule has 0 unspecified atom stereocenters. The van der Waals surface area contributed by atoms with Crippen LogP contribution in [0.4, 0.5) is 16.2 Å². The normalized spacial score (nSPS) is 13.6. The maximum atomic E-state index is 12.1. The van der Waals surface area contributed by atoms with E-state index in [0.29, 0.717) is 30.2 Å². The zero-order valence-electron chi connectivity index (χ0n) is 13.8. The largest absolute Gasteiger partial charge is 0.336 e. The standard InChI is InChI=1S/C19H20ClN3O2/c20-15-9-7-14(8-10-15)3-1-6-18(24)22-16-4-2-5-17(13-16)23-12-11-21-19(23)25/h2,4-5,7-10,13H,1,3,6,11-12H2,(H,21,25)(H,22,24). The Bertz CT molecular complexity index is 762. The topological polar surface area (TPSA) is 61.4 Å². The van der Waals surface area contributed by atoms with Gasteiger partial charge in [-0.1, -0.05) is 29.8 Å². The Morgan fingerprint density at radius 2 is 2.00 bits per heavy atom. The molecule has 3 rings (SSSR count). The summed E-state index contributed by atoms with van der Waals surface area (Å²) >= 11 is 5.86. The average molecular weight is 358 g/mol. The van der Waals surface area contributed by atoms with Crippen molar-refractivity contribution in [3.05, 3.63) is 59.1 Å². The molecule has 2 aromatic rings. The summed E-state index contributed by atoms with van der Waals surface area (Å²) in [6.45, 7) is 1.28. The van der Waals surface area contributed by atoms with E-state index in [1.54, 1.807) is 4.90 Å². The third-order valence-corrected chi connectivity index (χ3v) is 4.33. The number of hydrogen-bond donors (Lipinski definition) is 2. The summed E-state index contributed by atoms with van der Waals surface area (Å²) in [5, 5.41) is 6.38. The Kier molecular flexibility index (Phi) is 5.56. The second-order valence-corrected chi connectivity index (χ2v) is 6.40. The van der Waals surface area contributed by atoms with E-state index in [4.69, 9.17) is 11.6 Å². The number of hydrogen-bond acceptors (Lipinski definition) is 2. The Labute approximate surface area is 152 Å². The third kappa shape index (κ3) is 4.73. The fraction of sp³-hybridized carbons (Fsp3) is 0.263. The van der Waals surface area contributed by atoms with Crippen LogP contribution in [-0.2, 0) is 11.2 Å². The summed E-state index contributed by atoms with van der Waals surface area (Å²) in [5.74, 6) is -0.0306. The van der Waals surface area contributed by atoms with Crippen molar-refractivity contribution < 1.29 is 9.59 Å². The number of nitrogens with zero attached hydrogens (tertiary/aromatic N) is 1. The quantitative estimate of drug-likeness (QED) is 0.825. The van der Waals surface area contributed by atoms with Gasteiger partial charge >= 0.3 is 6.03 Å². The van der Waals surface area contributed by atoms with E-state index < -0.39 is 0 Å². The van der Waals surface area contributed by atoms with Crippen molar-refractivity contribution in [2.75, 3.05) is 23.3 Å². The number of aryl methyl sites for hydroxylation is 1. The van der Waals surface area contributed by atoms with Crippen molar-refractivity contribution in [3.8, 4) is 0 Å². The second-order valence-electron chi connectivity index (χ2n) is 5.96. The predicted molar refractivity (Wildman–Crippen MR) is 100 cm³/mol. The van der Waals surface area contributed by atoms with Gasteiger partial charge in [0.05, 0.1) is 0 Å². The molecule has 0 atom stereocenters. The van der Waals surface area contributed by atoms with Crippen LogP contribution in [0.2, 0.25) is 5.02 Å². The van der Waals surface area contributed by atoms with E-state index in [9.17, 15) is 9.59 Å². The van der Waals surface area contributed by atoms with Gasteiger partial charge in [-0.25, -0.2) is 4.79 Å². The van der Waals surface area contributed by atoms with Crippen LogP contribution in [0.1, 0.15) is 18.4 Å². The lowest BCUT2D eigenvalue weighted by Crippen LogP contribution is -2.27. The van der Waals surface area contributed by atoms with Gasteiger partial charge in [0.1, 0.15) is 0 Å². The number of nitrogens with one attached hydrogen (secondary N) is 2. The highest BCUT2D eigenvalue weighted by Crippen LogP contribution is 2.21. The van der Waals surface area contributed by atoms with Crippen molar-refractivity contribution in [2.24, 2.45) is 0 Å². The average Bonchev–Trinajstić information content (AvgIpc) is 3.03. The van der Waals surface area contributed by atoms with Crippen molar-refractivity contribution in [2.45, 2.75) is 19.3 Å². The summed E-state index contributed by atoms with van der Waals surface area (Å²) in [4.78, 5) is 25.5. The van der Waals surface area contributed by atoms with E-state index in [0.717, 1.165) is 18.5 Å². The van der Waals surface area contributed by atoms with Crippen LogP contribution in [0.3, 0.4) is 0 Å². The lowest BCUT2D eigenvalue weighted by atomic mass is 10.1. The molecule has 0 bridgehead atoms. The smallest absolute Gasteiger partial charge is 0.321 e. The van der Waals surface area contributed by atoms with Gasteiger partial charge in [-0.3, -0.25) is 9.69 Å². The molecular weight excluding hydrogens is 338 g/mol. The summed E-state index contributed by atoms with van der Waals surface area (Å²) in [6, 6.07) is 14.9. The first-order valence-corrected chi connectivity index (χ1v) is 8.69. The van der Waals surface area contributed by atoms with Crippen molar-refractivity contribution >= 4 is 34.9 Å². The summed E-state index contributed by atoms with van der Waals surface area (Å²) in [5.41, 5.74) is 2.65. The molecule has 0 radical (unpaired) electrons. The van der Waals surface area contributed by atoms with Crippen LogP contribution in [0.25, 0.3) is 0 Å². The maximum Gasteiger partial charge on any atom is 0.321 e. The fourth-order valence-electron chi connectivity index (χ4n) is 2.80. The molecule has 2 aromatic carbocycles. The Morgan fingerprint density at radius 3 is 2.72 bits per heavy atom. The zero-order chi connectivity index (χ0) is 17.6. The number of carbonyl (C=O) groups is 2. The highest BCUT2D eigenvalue weighted by Gasteiger charge is 2.21. The van der Waals surface area contributed by atoms with Gasteiger partial charge in [0, 0.05) is 35.9 Å². The zero-order valence-corrected chi connectivity index (χ0v) is 14.6. The number of halogens is 1. The van der Waals surface area contributed by atoms with E-state index in [-0.39, 0.29) is 11.9 Å². The minimum atomic E-state index is -0.105. The van der Waals surface area contributed by atoms with Gasteiger partial charge in [-0.15, -0.1) is 0 Å². The van der Waals surface area contributed by atoms with Gasteiger partial charge in [0.2, 0.25) is 5.91 Å². The number of rotatable bonds is 6. The summed E-state index contributed by atoms with van der Waals surface area (Å²) < 4.78 is 0. The molecule has 5 nitrogen and oxygen atoms in total. The molecule has 0 saturated carbocycles. The predicted octanol–water partition coefficient (Wildman–Crippen LogP) is 3.83. The number of benzene rings is 2. The SMILES string of the molecule is O=C(CCCc1ccc(Cl)cc1)Nc1cccc(N2CCNC2=O)c1. The Morgan fingerprint density at radius 1 is 1.20 bits per heavy atom. The summed E-state index contributed by atoms with van der Waals surface area (Å²) in [7, 11) is 0. The minimum absolute atomic E-state index is 0.0306. The molecule has 25 heavy (non-hydrogen) atoms. The Balaban J connectivity index is 1.50. The van der Waals surface area contributed by atoms with Gasteiger partial charge in [0.25, 0.3) is 0 Å². The lowest BCUT2D eigenvalue weighted by Gasteiger charge is -2.15. The van der Waals surface area contributed by atoms with Crippen molar-refractivity contribution in [3.63, 3.8) is 0 Å². The molecule has 0 aromatic heterocycles. The van der Waals surface area contributed by atoms with E-state index in [2.05, 4.69) is 10.6 Å². The Hall–Kier alpha value is -2.53. The van der Waals surface area contributed by atoms with Crippen LogP contribution in [0.15, 0.2) is 48.5 Å². The highest BCUT2D eigenvalue weighted by molar-refractivity contribution is 6.30. The fourth-order valence-corrected chi connectivity index (χ4v) is 2.92. The highest BCUT2D eigenvalue weighted by atomic mass is 35.5. The molecule has 3 amide bonds. The first-order chi connectivity index (χ1) is 12.1. The van der Waals surface area contributed by atoms with Gasteiger partial charge in [-0.2, -0.15) is 0 Å². The van der Waals surface area contributed by atoms with E-state index in [1.165, 1.54) is 5.56 Å². The van der Waals surface area contributed by atoms with E-state index >= 15 is 0 Å². The van der Waals surface area contributed by atoms with Crippen LogP contribution >= 0.6 is 11.6 Å². The first-order valence-electron chi connectivity index (χ1n) is 8.31. The third-order valence-electron chi connectivity index (χ3n) is 4.08. The van der Waals surface area contributed by atoms with Crippen LogP contribution in [0.5, 0.6) is 0 Å². The van der Waals surface area contributed by atoms with Gasteiger partial charge in [0.15, 0.2) is 0 Å². The van der Waals surface area contributed by atoms with Gasteiger partial charge < -0.3 is 10.6 Å². The lowest BCUT2D eigenvalue weighted by molar-refractivity contribution is -0.116. The molecule has 1 fully saturated rings. The molecule has 6 heteroatoms. The number of anilines is 2. The van der Waals surface area contributed by atoms with Gasteiger partial charge in [-0.05, 0) is 48.7 Å². The minimum Gasteiger partial charge on any atom is -0.336 e. The number of urea groups is 1. The summed E-state index contributed by atoms with van der Waals surface area (Å²) in [6.07, 6.45) is 2.04. The molecule has 130 valence electrons. The molecule has 1 saturated heterocycles. The molecule has 0 aliphatic carbocycles. The second kappa shape index (κ2) is 8.03. The van der Waals surface area contributed by atoms with Crippen molar-refractivity contribution in [1.29, 1.82) is 0 Å². The first kappa shape index (κ1) is 17.3. The monoisotopic (exact) mass is 357 g/mol. The molecular formula is C19H20ClN3O2.